The highest BCUT2D eigenvalue weighted by Gasteiger charge is 2.18. The minimum Gasteiger partial charge on any atom is -0.618 e. The molecule has 0 saturated carbocycles. The first kappa shape index (κ1) is 15.5. The van der Waals surface area contributed by atoms with E-state index < -0.39 is 18.5 Å². The molecule has 1 amide bonds. The number of hydrogen-bond donors (Lipinski definition) is 1. The Hall–Kier alpha value is -2.89. The Morgan fingerprint density at radius 3 is 2.77 bits per heavy atom. The standard InChI is InChI=1S/C16H16N2O4/c1-2-12-6-5-7-13(10-12)17-15(19)11-22-16(20)14-8-3-4-9-18(14)21/h3-10H,2,11H2,1H3,(H,17,19). The molecule has 1 heterocycles. The second-order valence-electron chi connectivity index (χ2n) is 4.59. The van der Waals surface area contributed by atoms with Crippen molar-refractivity contribution in [3.05, 3.63) is 65.1 Å². The summed E-state index contributed by atoms with van der Waals surface area (Å²) in [4.78, 5) is 23.5. The molecule has 2 aromatic rings. The van der Waals surface area contributed by atoms with E-state index in [1.54, 1.807) is 12.1 Å². The van der Waals surface area contributed by atoms with Crippen LogP contribution in [-0.4, -0.2) is 18.5 Å². The molecule has 1 N–H and O–H groups in total. The number of amides is 1. The second kappa shape index (κ2) is 7.21. The molecule has 22 heavy (non-hydrogen) atoms. The fourth-order valence-electron chi connectivity index (χ4n) is 1.86. The number of ether oxygens (including phenoxy) is 1. The van der Waals surface area contributed by atoms with Crippen molar-refractivity contribution in [3.8, 4) is 0 Å². The zero-order valence-electron chi connectivity index (χ0n) is 12.1. The first-order chi connectivity index (χ1) is 10.6. The SMILES string of the molecule is CCc1cccc(NC(=O)COC(=O)c2cccc[n+]2[O-])c1. The van der Waals surface area contributed by atoms with E-state index in [2.05, 4.69) is 5.32 Å². The molecule has 0 radical (unpaired) electrons. The minimum atomic E-state index is -0.840. The molecular weight excluding hydrogens is 284 g/mol. The van der Waals surface area contributed by atoms with Crippen molar-refractivity contribution in [3.63, 3.8) is 0 Å². The van der Waals surface area contributed by atoms with Gasteiger partial charge in [-0.2, -0.15) is 4.73 Å². The summed E-state index contributed by atoms with van der Waals surface area (Å²) in [6, 6.07) is 11.8. The highest BCUT2D eigenvalue weighted by molar-refractivity contribution is 5.94. The van der Waals surface area contributed by atoms with Gasteiger partial charge in [-0.1, -0.05) is 19.1 Å². The number of hydrogen-bond acceptors (Lipinski definition) is 4. The summed E-state index contributed by atoms with van der Waals surface area (Å²) >= 11 is 0. The molecule has 0 saturated heterocycles. The first-order valence-electron chi connectivity index (χ1n) is 6.84. The lowest BCUT2D eigenvalue weighted by atomic mass is 10.1. The number of nitrogens with zero attached hydrogens (tertiary/aromatic N) is 1. The molecule has 1 aromatic carbocycles. The number of aryl methyl sites for hydroxylation is 1. The van der Waals surface area contributed by atoms with Gasteiger partial charge >= 0.3 is 11.7 Å². The Labute approximate surface area is 127 Å². The van der Waals surface area contributed by atoms with Gasteiger partial charge in [0.2, 0.25) is 0 Å². The van der Waals surface area contributed by atoms with Gasteiger partial charge in [0.05, 0.1) is 0 Å². The number of carbonyl (C=O) groups is 2. The number of nitrogens with one attached hydrogen (secondary N) is 1. The molecule has 0 unspecified atom stereocenters. The zero-order chi connectivity index (χ0) is 15.9. The van der Waals surface area contributed by atoms with E-state index >= 15 is 0 Å². The summed E-state index contributed by atoms with van der Waals surface area (Å²) in [7, 11) is 0. The van der Waals surface area contributed by atoms with Crippen LogP contribution in [-0.2, 0) is 16.0 Å². The third-order valence-corrected chi connectivity index (χ3v) is 2.99. The molecular formula is C16H16N2O4. The molecule has 1 aromatic heterocycles. The number of aromatic nitrogens is 1. The van der Waals surface area contributed by atoms with Crippen LogP contribution in [0.1, 0.15) is 23.0 Å². The van der Waals surface area contributed by atoms with Gasteiger partial charge in [0.25, 0.3) is 5.91 Å². The summed E-state index contributed by atoms with van der Waals surface area (Å²) in [6.07, 6.45) is 2.04. The van der Waals surface area contributed by atoms with E-state index in [1.807, 2.05) is 25.1 Å². The van der Waals surface area contributed by atoms with Gasteiger partial charge in [-0.3, -0.25) is 4.79 Å². The Morgan fingerprint density at radius 2 is 2.05 bits per heavy atom. The average Bonchev–Trinajstić information content (AvgIpc) is 2.53. The first-order valence-corrected chi connectivity index (χ1v) is 6.84. The van der Waals surface area contributed by atoms with Crippen LogP contribution in [0.3, 0.4) is 0 Å². The molecule has 0 atom stereocenters. The maximum absolute atomic E-state index is 11.8. The van der Waals surface area contributed by atoms with Crippen molar-refractivity contribution < 1.29 is 19.1 Å². The van der Waals surface area contributed by atoms with Crippen LogP contribution in [0.2, 0.25) is 0 Å². The van der Waals surface area contributed by atoms with Crippen LogP contribution in [0, 0.1) is 5.21 Å². The van der Waals surface area contributed by atoms with Crippen LogP contribution in [0.5, 0.6) is 0 Å². The summed E-state index contributed by atoms with van der Waals surface area (Å²) in [5.41, 5.74) is 1.56. The number of esters is 1. The Balaban J connectivity index is 1.90. The largest absolute Gasteiger partial charge is 0.618 e. The molecule has 6 heteroatoms. The predicted octanol–water partition coefficient (Wildman–Crippen LogP) is 1.68. The van der Waals surface area contributed by atoms with Crippen LogP contribution >= 0.6 is 0 Å². The van der Waals surface area contributed by atoms with E-state index in [4.69, 9.17) is 4.74 Å². The Kier molecular flexibility index (Phi) is 5.08. The van der Waals surface area contributed by atoms with Gasteiger partial charge in [0, 0.05) is 17.8 Å². The lowest BCUT2D eigenvalue weighted by Crippen LogP contribution is -2.35. The van der Waals surface area contributed by atoms with E-state index in [9.17, 15) is 14.8 Å². The van der Waals surface area contributed by atoms with Crippen molar-refractivity contribution in [1.82, 2.24) is 0 Å². The van der Waals surface area contributed by atoms with Gasteiger partial charge in [-0.05, 0) is 30.2 Å². The van der Waals surface area contributed by atoms with Crippen LogP contribution < -0.4 is 10.0 Å². The number of benzene rings is 1. The smallest absolute Gasteiger partial charge is 0.405 e. The van der Waals surface area contributed by atoms with Gasteiger partial charge in [-0.25, -0.2) is 4.79 Å². The molecule has 0 aliphatic carbocycles. The molecule has 0 bridgehead atoms. The second-order valence-corrected chi connectivity index (χ2v) is 4.59. The number of rotatable bonds is 5. The molecule has 0 spiro atoms. The number of carbonyl (C=O) groups excluding carboxylic acids is 2. The van der Waals surface area contributed by atoms with Crippen molar-refractivity contribution in [1.29, 1.82) is 0 Å². The van der Waals surface area contributed by atoms with Crippen LogP contribution in [0.15, 0.2) is 48.7 Å². The fourth-order valence-corrected chi connectivity index (χ4v) is 1.86. The average molecular weight is 300 g/mol. The van der Waals surface area contributed by atoms with E-state index in [1.165, 1.54) is 18.3 Å². The lowest BCUT2D eigenvalue weighted by molar-refractivity contribution is -0.608. The van der Waals surface area contributed by atoms with Crippen molar-refractivity contribution >= 4 is 17.6 Å². The molecule has 114 valence electrons. The Morgan fingerprint density at radius 1 is 1.23 bits per heavy atom. The fraction of sp³-hybridized carbons (Fsp3) is 0.188. The highest BCUT2D eigenvalue weighted by atomic mass is 16.5. The normalized spacial score (nSPS) is 10.0. The molecule has 0 aliphatic heterocycles. The molecule has 0 aliphatic rings. The van der Waals surface area contributed by atoms with Crippen LogP contribution in [0.25, 0.3) is 0 Å². The molecule has 0 fully saturated rings. The quantitative estimate of drug-likeness (QED) is 0.517. The van der Waals surface area contributed by atoms with Gasteiger partial charge in [-0.15, -0.1) is 0 Å². The van der Waals surface area contributed by atoms with Gasteiger partial charge in [0.15, 0.2) is 12.8 Å². The predicted molar refractivity (Wildman–Crippen MR) is 80.1 cm³/mol. The minimum absolute atomic E-state index is 0.164. The van der Waals surface area contributed by atoms with E-state index in [0.29, 0.717) is 10.4 Å². The summed E-state index contributed by atoms with van der Waals surface area (Å²) in [5, 5.41) is 14.0. The molecule has 2 rings (SSSR count). The van der Waals surface area contributed by atoms with Crippen LogP contribution in [0.4, 0.5) is 5.69 Å². The Bertz CT molecular complexity index is 685. The summed E-state index contributed by atoms with van der Waals surface area (Å²) in [5.74, 6) is -1.30. The zero-order valence-corrected chi connectivity index (χ0v) is 12.1. The number of anilines is 1. The molecule has 6 nitrogen and oxygen atoms in total. The third-order valence-electron chi connectivity index (χ3n) is 2.99. The van der Waals surface area contributed by atoms with Gasteiger partial charge < -0.3 is 15.3 Å². The third kappa shape index (κ3) is 4.05. The van der Waals surface area contributed by atoms with Crippen molar-refractivity contribution in [2.24, 2.45) is 0 Å². The number of pyridine rings is 1. The summed E-state index contributed by atoms with van der Waals surface area (Å²) in [6.45, 7) is 1.56. The maximum Gasteiger partial charge on any atom is 0.405 e. The topological polar surface area (TPSA) is 82.3 Å². The lowest BCUT2D eigenvalue weighted by Gasteiger charge is -2.07. The van der Waals surface area contributed by atoms with Gasteiger partial charge in [0.1, 0.15) is 0 Å². The van der Waals surface area contributed by atoms with E-state index in [-0.39, 0.29) is 5.69 Å². The van der Waals surface area contributed by atoms with E-state index in [0.717, 1.165) is 12.0 Å². The summed E-state index contributed by atoms with van der Waals surface area (Å²) < 4.78 is 5.22. The van der Waals surface area contributed by atoms with Crippen molar-refractivity contribution in [2.45, 2.75) is 13.3 Å². The highest BCUT2D eigenvalue weighted by Crippen LogP contribution is 2.10. The van der Waals surface area contributed by atoms with Crippen molar-refractivity contribution in [2.75, 3.05) is 11.9 Å². The maximum atomic E-state index is 11.8. The monoisotopic (exact) mass is 300 g/mol.